The lowest BCUT2D eigenvalue weighted by Crippen LogP contribution is -1.72. The van der Waals surface area contributed by atoms with Crippen LogP contribution >= 0.6 is 0 Å². The van der Waals surface area contributed by atoms with Gasteiger partial charge in [0.05, 0.1) is 0 Å². The van der Waals surface area contributed by atoms with Crippen LogP contribution in [0.3, 0.4) is 0 Å². The van der Waals surface area contributed by atoms with Crippen molar-refractivity contribution in [2.75, 3.05) is 0 Å². The molecule has 2 rings (SSSR count). The van der Waals surface area contributed by atoms with Gasteiger partial charge in [0.25, 0.3) is 0 Å². The largest absolute Gasteiger partial charge is 0.0617 e. The summed E-state index contributed by atoms with van der Waals surface area (Å²) in [6.07, 6.45) is 0. The van der Waals surface area contributed by atoms with E-state index < -0.39 is 0 Å². The highest BCUT2D eigenvalue weighted by Gasteiger charge is 1.82. The van der Waals surface area contributed by atoms with E-state index in [0.717, 1.165) is 0 Å². The van der Waals surface area contributed by atoms with Crippen LogP contribution in [0, 0.1) is 39.8 Å². The van der Waals surface area contributed by atoms with E-state index in [1.165, 1.54) is 22.3 Å². The van der Waals surface area contributed by atoms with Gasteiger partial charge in [0.15, 0.2) is 0 Å². The molecule has 0 nitrogen and oxygen atoms in total. The number of aryl methyl sites for hydroxylation is 4. The van der Waals surface area contributed by atoms with Gasteiger partial charge in [-0.3, -0.25) is 0 Å². The molecule has 0 fully saturated rings. The lowest BCUT2D eigenvalue weighted by Gasteiger charge is -1.89. The standard InChI is InChI=1S/2C8H9/c1-7-3-5-8(2)6-4-7;1-7-4-3-5-8(2)6-7/h2*3-5H,1-2H3. The predicted molar refractivity (Wildman–Crippen MR) is 69.5 cm³/mol. The van der Waals surface area contributed by atoms with E-state index in [1.54, 1.807) is 0 Å². The Morgan fingerprint density at radius 3 is 1.69 bits per heavy atom. The van der Waals surface area contributed by atoms with Crippen LogP contribution in [0.2, 0.25) is 0 Å². The first-order chi connectivity index (χ1) is 7.58. The quantitative estimate of drug-likeness (QED) is 0.611. The van der Waals surface area contributed by atoms with Gasteiger partial charge in [0, 0.05) is 0 Å². The van der Waals surface area contributed by atoms with E-state index in [0.29, 0.717) is 0 Å². The van der Waals surface area contributed by atoms with E-state index in [4.69, 9.17) is 0 Å². The van der Waals surface area contributed by atoms with E-state index in [9.17, 15) is 0 Å². The maximum atomic E-state index is 3.17. The maximum absolute atomic E-state index is 3.17. The molecule has 0 unspecified atom stereocenters. The van der Waals surface area contributed by atoms with Gasteiger partial charge in [0.1, 0.15) is 0 Å². The molecule has 0 aliphatic carbocycles. The smallest absolute Gasteiger partial charge is 0.0120 e. The van der Waals surface area contributed by atoms with Gasteiger partial charge in [0.2, 0.25) is 0 Å². The monoisotopic (exact) mass is 210 g/mol. The fourth-order valence-corrected chi connectivity index (χ4v) is 1.31. The Labute approximate surface area is 99.0 Å². The SMILES string of the molecule is Cc1[c]c(C)ccc1.Cc1[c]cc(C)cc1. The van der Waals surface area contributed by atoms with Gasteiger partial charge in [-0.05, 0) is 56.5 Å². The van der Waals surface area contributed by atoms with Gasteiger partial charge < -0.3 is 0 Å². The molecule has 0 spiro atoms. The molecule has 2 aromatic rings. The van der Waals surface area contributed by atoms with Crippen molar-refractivity contribution < 1.29 is 0 Å². The summed E-state index contributed by atoms with van der Waals surface area (Å²) in [6, 6.07) is 18.6. The predicted octanol–water partition coefficient (Wildman–Crippen LogP) is 4.21. The Morgan fingerprint density at radius 1 is 0.750 bits per heavy atom. The second-order valence-corrected chi connectivity index (χ2v) is 4.07. The van der Waals surface area contributed by atoms with Gasteiger partial charge in [-0.1, -0.05) is 42.0 Å². The molecule has 0 atom stereocenters. The van der Waals surface area contributed by atoms with Crippen molar-refractivity contribution in [3.05, 3.63) is 70.8 Å². The minimum Gasteiger partial charge on any atom is -0.0617 e. The second-order valence-electron chi connectivity index (χ2n) is 4.07. The van der Waals surface area contributed by atoms with Crippen LogP contribution < -0.4 is 0 Å². The fourth-order valence-electron chi connectivity index (χ4n) is 1.31. The summed E-state index contributed by atoms with van der Waals surface area (Å²) in [4.78, 5) is 0. The van der Waals surface area contributed by atoms with Crippen molar-refractivity contribution in [1.82, 2.24) is 0 Å². The average molecular weight is 210 g/mol. The van der Waals surface area contributed by atoms with Crippen LogP contribution in [0.25, 0.3) is 0 Å². The first-order valence-electron chi connectivity index (χ1n) is 5.48. The van der Waals surface area contributed by atoms with E-state index >= 15 is 0 Å². The van der Waals surface area contributed by atoms with Gasteiger partial charge in [-0.2, -0.15) is 0 Å². The third-order valence-corrected chi connectivity index (χ3v) is 2.21. The molecular formula is C16H18. The maximum Gasteiger partial charge on any atom is -0.0120 e. The molecule has 16 heavy (non-hydrogen) atoms. The minimum absolute atomic E-state index is 1.20. The summed E-state index contributed by atoms with van der Waals surface area (Å²) >= 11 is 0. The second kappa shape index (κ2) is 6.12. The average Bonchev–Trinajstić information content (AvgIpc) is 2.23. The highest BCUT2D eigenvalue weighted by atomic mass is 13.9. The Kier molecular flexibility index (Phi) is 4.78. The Balaban J connectivity index is 0.000000160. The lowest BCUT2D eigenvalue weighted by atomic mass is 10.2. The molecule has 2 radical (unpaired) electrons. The summed E-state index contributed by atoms with van der Waals surface area (Å²) in [5.74, 6) is 0. The number of benzene rings is 2. The summed E-state index contributed by atoms with van der Waals surface area (Å²) in [6.45, 7) is 8.20. The van der Waals surface area contributed by atoms with Crippen LogP contribution in [-0.4, -0.2) is 0 Å². The molecule has 0 aliphatic rings. The van der Waals surface area contributed by atoms with E-state index in [2.05, 4.69) is 31.2 Å². The topological polar surface area (TPSA) is 0 Å². The zero-order chi connectivity index (χ0) is 12.0. The van der Waals surface area contributed by atoms with E-state index in [-0.39, 0.29) is 0 Å². The first-order valence-corrected chi connectivity index (χ1v) is 5.48. The molecule has 0 saturated heterocycles. The Morgan fingerprint density at radius 2 is 1.38 bits per heavy atom. The lowest BCUT2D eigenvalue weighted by molar-refractivity contribution is 1.37. The third-order valence-electron chi connectivity index (χ3n) is 2.21. The van der Waals surface area contributed by atoms with Crippen molar-refractivity contribution in [1.29, 1.82) is 0 Å². The van der Waals surface area contributed by atoms with Crippen LogP contribution in [0.15, 0.2) is 36.4 Å². The van der Waals surface area contributed by atoms with E-state index in [1.807, 2.05) is 45.0 Å². The number of hydrogen-bond donors (Lipinski definition) is 0. The van der Waals surface area contributed by atoms with Crippen molar-refractivity contribution in [2.45, 2.75) is 27.7 Å². The summed E-state index contributed by atoms with van der Waals surface area (Å²) < 4.78 is 0. The molecule has 0 aliphatic heterocycles. The van der Waals surface area contributed by atoms with Gasteiger partial charge in [-0.15, -0.1) is 0 Å². The fraction of sp³-hybridized carbons (Fsp3) is 0.250. The molecule has 0 heterocycles. The van der Waals surface area contributed by atoms with Crippen LogP contribution in [0.5, 0.6) is 0 Å². The molecule has 0 saturated carbocycles. The zero-order valence-corrected chi connectivity index (χ0v) is 10.5. The molecule has 2 aromatic carbocycles. The summed E-state index contributed by atoms with van der Waals surface area (Å²) in [5.41, 5.74) is 4.90. The molecule has 0 N–H and O–H groups in total. The Bertz CT molecular complexity index is 386. The van der Waals surface area contributed by atoms with Gasteiger partial charge in [-0.25, -0.2) is 0 Å². The molecule has 0 heteroatoms. The Hall–Kier alpha value is -1.56. The normalized spacial score (nSPS) is 9.25. The highest BCUT2D eigenvalue weighted by Crippen LogP contribution is 1.99. The first kappa shape index (κ1) is 12.5. The van der Waals surface area contributed by atoms with Crippen molar-refractivity contribution in [3.63, 3.8) is 0 Å². The third kappa shape index (κ3) is 4.79. The zero-order valence-electron chi connectivity index (χ0n) is 10.5. The number of rotatable bonds is 0. The van der Waals surface area contributed by atoms with Crippen molar-refractivity contribution >= 4 is 0 Å². The molecule has 0 aromatic heterocycles. The summed E-state index contributed by atoms with van der Waals surface area (Å²) in [7, 11) is 0. The van der Waals surface area contributed by atoms with Crippen LogP contribution in [-0.2, 0) is 0 Å². The highest BCUT2D eigenvalue weighted by molar-refractivity contribution is 5.19. The summed E-state index contributed by atoms with van der Waals surface area (Å²) in [5, 5.41) is 0. The minimum atomic E-state index is 1.20. The van der Waals surface area contributed by atoms with Crippen LogP contribution in [0.1, 0.15) is 22.3 Å². The molecule has 0 bridgehead atoms. The molecular weight excluding hydrogens is 192 g/mol. The van der Waals surface area contributed by atoms with Crippen LogP contribution in [0.4, 0.5) is 0 Å². The van der Waals surface area contributed by atoms with Crippen molar-refractivity contribution in [2.24, 2.45) is 0 Å². The number of hydrogen-bond acceptors (Lipinski definition) is 0. The molecule has 82 valence electrons. The molecule has 0 amide bonds. The van der Waals surface area contributed by atoms with Crippen molar-refractivity contribution in [3.8, 4) is 0 Å². The van der Waals surface area contributed by atoms with Gasteiger partial charge >= 0.3 is 0 Å².